The molecule has 29 heteroatoms. The molecule has 20 atom stereocenters. The van der Waals surface area contributed by atoms with Crippen molar-refractivity contribution in [1.29, 1.82) is 0 Å². The zero-order chi connectivity index (χ0) is 62.7. The summed E-state index contributed by atoms with van der Waals surface area (Å²) in [6, 6.07) is -1.30. The Morgan fingerprint density at radius 3 is 2.28 bits per heavy atom. The molecule has 4 saturated heterocycles. The first-order valence-corrected chi connectivity index (χ1v) is 32.2. The average molecular weight is 1380 g/mol. The number of halogens is 1. The first-order valence-electron chi connectivity index (χ1n) is 27.8. The van der Waals surface area contributed by atoms with Crippen LogP contribution in [0.5, 0.6) is 17.2 Å². The quantitative estimate of drug-likeness (QED) is 0.0250. The van der Waals surface area contributed by atoms with Crippen molar-refractivity contribution in [2.75, 3.05) is 61.1 Å². The Bertz CT molecular complexity index is 2770. The van der Waals surface area contributed by atoms with Gasteiger partial charge in [0, 0.05) is 49.2 Å². The molecule has 2 bridgehead atoms. The van der Waals surface area contributed by atoms with Gasteiger partial charge in [-0.2, -0.15) is 5.48 Å². The number of carbonyl (C=O) groups excluding carboxylic acids is 3. The Morgan fingerprint density at radius 2 is 1.62 bits per heavy atom. The molecule has 2 aliphatic carbocycles. The summed E-state index contributed by atoms with van der Waals surface area (Å²) in [5, 5.41) is 72.3. The predicted molar refractivity (Wildman–Crippen MR) is 323 cm³/mol. The topological polar surface area (TPSA) is 329 Å². The zero-order valence-corrected chi connectivity index (χ0v) is 54.1. The Kier molecular flexibility index (Phi) is 26.2. The van der Waals surface area contributed by atoms with E-state index >= 15 is 0 Å². The minimum Gasteiger partial charge on any atom is -0.492 e. The zero-order valence-electron chi connectivity index (χ0n) is 49.5. The lowest BCUT2D eigenvalue weighted by Gasteiger charge is -2.46. The van der Waals surface area contributed by atoms with Crippen molar-refractivity contribution in [3.05, 3.63) is 49.8 Å². The lowest BCUT2D eigenvalue weighted by molar-refractivity contribution is -0.336. The molecule has 4 heterocycles. The maximum Gasteiger partial charge on any atom is 0.411 e. The standard InChI is InChI=1S/C57H78IN3O22S3/c1-12-59-32-25-76-37(22-36(32)71-7)81-50-45(66)42(28(4)78-55(50)80-35-17-15-13-14-16-19-57(70)23-34(64)43(60-56(69)75-11)40(35)31(57)18-20-84-86-26(2)24-62)61-83-38-21-33(63)52(30(6)77-38)85-53(68)39-27(3)41(58)48(51(74-10)47(39)72-8)82-54-46(67)49(73-9)44(65)29(5)79-54/h13-14,18,26,28-30,32-33,35-38,42,44-46,49-50,52,54-55,59,61-63,65-67,70H,12,20-25H2,1-11H3,(H,60,69)/b14-13-,31-18+/t26-,28-,29+,30-,32+,33+,35+,36+,37+,38+,42-,44+,45+,46-,49-,50-,52-,54+,55+,57+/m1/s1. The van der Waals surface area contributed by atoms with Crippen molar-refractivity contribution in [2.45, 2.75) is 181 Å². The summed E-state index contributed by atoms with van der Waals surface area (Å²) in [5.41, 5.74) is 1.10. The number of hydroxylamine groups is 1. The van der Waals surface area contributed by atoms with Crippen molar-refractivity contribution >= 4 is 72.9 Å². The molecule has 0 aromatic heterocycles. The molecule has 478 valence electrons. The van der Waals surface area contributed by atoms with Crippen molar-refractivity contribution in [2.24, 2.45) is 0 Å². The smallest absolute Gasteiger partial charge is 0.411 e. The van der Waals surface area contributed by atoms with E-state index in [1.165, 1.54) is 55.1 Å². The third kappa shape index (κ3) is 16.2. The molecular formula is C57H78IN3O22S3. The van der Waals surface area contributed by atoms with Gasteiger partial charge in [0.25, 0.3) is 0 Å². The largest absolute Gasteiger partial charge is 0.492 e. The third-order valence-corrected chi connectivity index (χ3v) is 20.5. The molecule has 25 nitrogen and oxygen atoms in total. The second-order valence-corrected chi connectivity index (χ2v) is 26.0. The highest BCUT2D eigenvalue weighted by atomic mass is 127. The molecule has 1 aromatic rings. The minimum absolute atomic E-state index is 0.0209. The van der Waals surface area contributed by atoms with E-state index in [-0.39, 0.29) is 88.9 Å². The van der Waals surface area contributed by atoms with E-state index in [9.17, 15) is 45.0 Å². The van der Waals surface area contributed by atoms with Crippen LogP contribution >= 0.6 is 55.9 Å². The van der Waals surface area contributed by atoms with Gasteiger partial charge in [-0.15, -0.1) is 0 Å². The second-order valence-electron chi connectivity index (χ2n) is 20.9. The number of hydrogen-bond donors (Lipinski definition) is 9. The van der Waals surface area contributed by atoms with Crippen LogP contribution in [-0.2, 0) is 52.3 Å². The number of likely N-dealkylation sites (N-methyl/N-ethyl adjacent to an activating group) is 1. The first-order chi connectivity index (χ1) is 41.1. The van der Waals surface area contributed by atoms with E-state index in [2.05, 4.69) is 39.8 Å². The maximum atomic E-state index is 14.4. The number of Topliss-reactive ketones (excluding diaryl/α,β-unsaturated/α-hetero) is 1. The number of thioether (sulfide) groups is 1. The summed E-state index contributed by atoms with van der Waals surface area (Å²) in [7, 11) is 9.52. The first kappa shape index (κ1) is 70.1. The number of allylic oxidation sites excluding steroid dienone is 3. The monoisotopic (exact) mass is 1380 g/mol. The summed E-state index contributed by atoms with van der Waals surface area (Å²) >= 11 is 2.82. The second kappa shape index (κ2) is 32.1. The fourth-order valence-corrected chi connectivity index (χ4v) is 14.3. The number of amides is 1. The number of carbonyl (C=O) groups is 3. The molecule has 86 heavy (non-hydrogen) atoms. The lowest BCUT2D eigenvalue weighted by atomic mass is 9.75. The van der Waals surface area contributed by atoms with Crippen LogP contribution in [0, 0.1) is 34.2 Å². The van der Waals surface area contributed by atoms with Crippen LogP contribution < -0.4 is 30.3 Å². The average Bonchev–Trinajstić information content (AvgIpc) is 1.02. The molecule has 0 saturated carbocycles. The molecule has 6 aliphatic rings. The van der Waals surface area contributed by atoms with Gasteiger partial charge in [0.2, 0.25) is 17.2 Å². The van der Waals surface area contributed by atoms with Crippen LogP contribution in [0.25, 0.3) is 0 Å². The number of nitrogens with one attached hydrogen (secondary N) is 3. The van der Waals surface area contributed by atoms with Gasteiger partial charge in [-0.05, 0) is 74.5 Å². The van der Waals surface area contributed by atoms with Crippen LogP contribution in [0.1, 0.15) is 69.8 Å². The highest BCUT2D eigenvalue weighted by Gasteiger charge is 2.52. The molecule has 0 unspecified atom stereocenters. The van der Waals surface area contributed by atoms with E-state index in [1.807, 2.05) is 36.4 Å². The van der Waals surface area contributed by atoms with Gasteiger partial charge in [-0.1, -0.05) is 77.0 Å². The predicted octanol–water partition coefficient (Wildman–Crippen LogP) is 2.30. The number of aliphatic hydroxyl groups is 6. The van der Waals surface area contributed by atoms with Crippen LogP contribution in [0.3, 0.4) is 0 Å². The summed E-state index contributed by atoms with van der Waals surface area (Å²) in [4.78, 5) is 47.7. The normalized spacial score (nSPS) is 35.7. The number of hydrogen-bond acceptors (Lipinski definition) is 27. The van der Waals surface area contributed by atoms with Crippen molar-refractivity contribution in [1.82, 2.24) is 16.1 Å². The molecule has 7 rings (SSSR count). The Balaban J connectivity index is 1.12. The SMILES string of the molecule is CCN[C@H]1CO[C@@H](O[C@H]2[C@H](O[C@H]3C#C/C=C\C#C[C@]4(O)CC(=O)C(NC(=O)OC)=C3/C4=C\CSS[C@H](C)CO)O[C@H](C)[C@@H](NO[C@H]3C[C@H](O)[C@H](SC(=O)c4c(C)c(I)c(O[C@@H]5O[C@@H](C)[C@H](O)[C@@H](OC)[C@H]5O)c(OC)c4OC)[C@@H](C)O3)[C@@H]2O)C[C@@H]1OC. The van der Waals surface area contributed by atoms with E-state index in [0.717, 1.165) is 18.9 Å². The van der Waals surface area contributed by atoms with Crippen molar-refractivity contribution in [3.63, 3.8) is 0 Å². The van der Waals surface area contributed by atoms with Gasteiger partial charge in [0.1, 0.15) is 36.6 Å². The third-order valence-electron chi connectivity index (χ3n) is 15.1. The van der Waals surface area contributed by atoms with E-state index in [0.29, 0.717) is 15.7 Å². The van der Waals surface area contributed by atoms with Gasteiger partial charge >= 0.3 is 6.09 Å². The van der Waals surface area contributed by atoms with Crippen LogP contribution in [-0.4, -0.2) is 229 Å². The molecular weight excluding hydrogens is 1300 g/mol. The van der Waals surface area contributed by atoms with Crippen molar-refractivity contribution < 1.29 is 107 Å². The summed E-state index contributed by atoms with van der Waals surface area (Å²) < 4.78 is 72.5. The molecule has 4 fully saturated rings. The Labute approximate surface area is 525 Å². The maximum absolute atomic E-state index is 14.4. The van der Waals surface area contributed by atoms with Gasteiger partial charge in [0.15, 0.2) is 41.8 Å². The van der Waals surface area contributed by atoms with E-state index in [1.54, 1.807) is 40.9 Å². The molecule has 0 spiro atoms. The number of ketones is 1. The summed E-state index contributed by atoms with van der Waals surface area (Å²) in [6.07, 6.45) is -14.2. The van der Waals surface area contributed by atoms with Gasteiger partial charge in [-0.3, -0.25) is 19.7 Å². The van der Waals surface area contributed by atoms with Gasteiger partial charge in [0.05, 0.1) is 104 Å². The number of rotatable bonds is 23. The number of alkyl carbamates (subject to hydrolysis) is 1. The fraction of sp³-hybridized carbons (Fsp3) is 0.667. The van der Waals surface area contributed by atoms with E-state index < -0.39 is 127 Å². The Morgan fingerprint density at radius 1 is 0.895 bits per heavy atom. The number of fused-ring (bicyclic) bond motifs is 2. The molecule has 9 N–H and O–H groups in total. The highest BCUT2D eigenvalue weighted by Crippen LogP contribution is 2.49. The van der Waals surface area contributed by atoms with Crippen molar-refractivity contribution in [3.8, 4) is 40.9 Å². The van der Waals surface area contributed by atoms with Crippen LogP contribution in [0.15, 0.2) is 35.1 Å². The van der Waals surface area contributed by atoms with Gasteiger partial charge in [-0.25, -0.2) is 4.79 Å². The van der Waals surface area contributed by atoms with Crippen LogP contribution in [0.2, 0.25) is 0 Å². The molecule has 1 aromatic carbocycles. The van der Waals surface area contributed by atoms with Gasteiger partial charge < -0.3 is 92.8 Å². The summed E-state index contributed by atoms with van der Waals surface area (Å²) in [6.45, 7) is 11.1. The summed E-state index contributed by atoms with van der Waals surface area (Å²) in [5.74, 6) is 11.1. The number of benzene rings is 1. The number of aliphatic hydroxyl groups excluding tert-OH is 5. The lowest BCUT2D eigenvalue weighted by Crippen LogP contribution is -2.65. The highest BCUT2D eigenvalue weighted by molar-refractivity contribution is 14.1. The Hall–Kier alpha value is -3.33. The number of methoxy groups -OCH3 is 5. The van der Waals surface area contributed by atoms with E-state index in [4.69, 9.17) is 61.7 Å². The molecule has 1 amide bonds. The minimum atomic E-state index is -2.11. The number of ether oxygens (including phenoxy) is 12. The molecule has 4 aliphatic heterocycles. The fourth-order valence-electron chi connectivity index (χ4n) is 10.6. The van der Waals surface area contributed by atoms with Crippen LogP contribution in [0.4, 0.5) is 4.79 Å². The molecule has 0 radical (unpaired) electrons.